The zero-order chi connectivity index (χ0) is 14.3. The van der Waals surface area contributed by atoms with E-state index in [0.29, 0.717) is 25.3 Å². The highest BCUT2D eigenvalue weighted by molar-refractivity contribution is 9.11. The van der Waals surface area contributed by atoms with Crippen LogP contribution >= 0.6 is 31.9 Å². The van der Waals surface area contributed by atoms with Crippen LogP contribution in [-0.4, -0.2) is 51.2 Å². The Kier molecular flexibility index (Phi) is 7.60. The van der Waals surface area contributed by atoms with E-state index in [1.807, 2.05) is 20.2 Å². The van der Waals surface area contributed by atoms with Gasteiger partial charge < -0.3 is 15.0 Å². The Labute approximate surface area is 130 Å². The van der Waals surface area contributed by atoms with Crippen LogP contribution in [0.1, 0.15) is 10.4 Å². The fourth-order valence-corrected chi connectivity index (χ4v) is 2.67. The van der Waals surface area contributed by atoms with Crippen LogP contribution in [-0.2, 0) is 4.74 Å². The van der Waals surface area contributed by atoms with E-state index >= 15 is 0 Å². The van der Waals surface area contributed by atoms with E-state index in [9.17, 15) is 4.79 Å². The van der Waals surface area contributed by atoms with Gasteiger partial charge in [0, 0.05) is 27.6 Å². The average molecular weight is 394 g/mol. The van der Waals surface area contributed by atoms with Gasteiger partial charge in [-0.2, -0.15) is 0 Å². The lowest BCUT2D eigenvalue weighted by Crippen LogP contribution is -2.28. The van der Waals surface area contributed by atoms with Crippen LogP contribution in [0.3, 0.4) is 0 Å². The number of benzene rings is 1. The number of nitrogens with one attached hydrogen (secondary N) is 1. The maximum Gasteiger partial charge on any atom is 0.251 e. The van der Waals surface area contributed by atoms with Gasteiger partial charge in [-0.25, -0.2) is 0 Å². The number of rotatable bonds is 7. The van der Waals surface area contributed by atoms with Gasteiger partial charge in [0.1, 0.15) is 0 Å². The summed E-state index contributed by atoms with van der Waals surface area (Å²) >= 11 is 6.72. The van der Waals surface area contributed by atoms with E-state index in [2.05, 4.69) is 42.1 Å². The minimum Gasteiger partial charge on any atom is -0.378 e. The highest BCUT2D eigenvalue weighted by atomic mass is 79.9. The molecule has 1 aromatic carbocycles. The van der Waals surface area contributed by atoms with Gasteiger partial charge >= 0.3 is 0 Å². The molecule has 1 rings (SSSR count). The van der Waals surface area contributed by atoms with Crippen LogP contribution in [0.5, 0.6) is 0 Å². The third-order valence-electron chi connectivity index (χ3n) is 2.34. The lowest BCUT2D eigenvalue weighted by atomic mass is 10.2. The van der Waals surface area contributed by atoms with Crippen LogP contribution in [0.15, 0.2) is 27.1 Å². The molecule has 106 valence electrons. The van der Waals surface area contributed by atoms with Gasteiger partial charge in [0.15, 0.2) is 0 Å². The van der Waals surface area contributed by atoms with Gasteiger partial charge in [-0.3, -0.25) is 4.79 Å². The first-order valence-corrected chi connectivity index (χ1v) is 7.54. The molecule has 0 aliphatic heterocycles. The van der Waals surface area contributed by atoms with Crippen molar-refractivity contribution in [2.45, 2.75) is 0 Å². The minimum absolute atomic E-state index is 0.0989. The first-order valence-electron chi connectivity index (χ1n) is 5.96. The molecule has 0 spiro atoms. The Hall–Kier alpha value is -0.430. The highest BCUT2D eigenvalue weighted by Crippen LogP contribution is 2.19. The molecule has 0 atom stereocenters. The number of nitrogens with zero attached hydrogens (tertiary/aromatic N) is 1. The summed E-state index contributed by atoms with van der Waals surface area (Å²) in [5, 5.41) is 2.82. The molecule has 0 heterocycles. The molecule has 0 aromatic heterocycles. The van der Waals surface area contributed by atoms with Crippen molar-refractivity contribution in [3.05, 3.63) is 32.7 Å². The summed E-state index contributed by atoms with van der Waals surface area (Å²) in [6.07, 6.45) is 0. The molecule has 0 aliphatic rings. The standard InChI is InChI=1S/C13H18Br2N2O2/c1-17(2)4-6-19-5-3-16-13(18)10-7-11(14)9-12(15)8-10/h7-9H,3-6H2,1-2H3,(H,16,18). The fraction of sp³-hybridized carbons (Fsp3) is 0.462. The molecule has 0 unspecified atom stereocenters. The van der Waals surface area contributed by atoms with Crippen LogP contribution in [0.4, 0.5) is 0 Å². The average Bonchev–Trinajstić information content (AvgIpc) is 2.31. The third-order valence-corrected chi connectivity index (χ3v) is 3.26. The SMILES string of the molecule is CN(C)CCOCCNC(=O)c1cc(Br)cc(Br)c1. The van der Waals surface area contributed by atoms with E-state index < -0.39 is 0 Å². The van der Waals surface area contributed by atoms with E-state index in [-0.39, 0.29) is 5.91 Å². The second kappa shape index (κ2) is 8.68. The zero-order valence-electron chi connectivity index (χ0n) is 11.1. The van der Waals surface area contributed by atoms with Crippen molar-refractivity contribution in [2.24, 2.45) is 0 Å². The number of hydrogen-bond donors (Lipinski definition) is 1. The van der Waals surface area contributed by atoms with E-state index in [0.717, 1.165) is 15.5 Å². The van der Waals surface area contributed by atoms with Crippen LogP contribution in [0.25, 0.3) is 0 Å². The number of carbonyl (C=O) groups is 1. The van der Waals surface area contributed by atoms with Crippen LogP contribution in [0.2, 0.25) is 0 Å². The Morgan fingerprint density at radius 1 is 1.21 bits per heavy atom. The highest BCUT2D eigenvalue weighted by Gasteiger charge is 2.06. The van der Waals surface area contributed by atoms with Crippen molar-refractivity contribution in [1.29, 1.82) is 0 Å². The Bertz CT molecular complexity index is 405. The molecule has 1 aromatic rings. The molecular formula is C13H18Br2N2O2. The molecule has 0 saturated heterocycles. The molecule has 0 saturated carbocycles. The quantitative estimate of drug-likeness (QED) is 0.723. The van der Waals surface area contributed by atoms with Crippen molar-refractivity contribution in [1.82, 2.24) is 10.2 Å². The first-order chi connectivity index (χ1) is 8.99. The molecular weight excluding hydrogens is 376 g/mol. The zero-order valence-corrected chi connectivity index (χ0v) is 14.3. The summed E-state index contributed by atoms with van der Waals surface area (Å²) in [5.74, 6) is -0.0989. The molecule has 0 radical (unpaired) electrons. The molecule has 0 bridgehead atoms. The number of amides is 1. The van der Waals surface area contributed by atoms with Gasteiger partial charge in [0.25, 0.3) is 5.91 Å². The summed E-state index contributed by atoms with van der Waals surface area (Å²) in [4.78, 5) is 13.9. The second-order valence-electron chi connectivity index (χ2n) is 4.33. The van der Waals surface area contributed by atoms with E-state index in [1.165, 1.54) is 0 Å². The summed E-state index contributed by atoms with van der Waals surface area (Å²) in [7, 11) is 3.99. The van der Waals surface area contributed by atoms with Gasteiger partial charge in [0.05, 0.1) is 13.2 Å². The third kappa shape index (κ3) is 7.06. The summed E-state index contributed by atoms with van der Waals surface area (Å²) in [6.45, 7) is 2.59. The molecule has 1 amide bonds. The summed E-state index contributed by atoms with van der Waals surface area (Å²) in [5.41, 5.74) is 0.620. The van der Waals surface area contributed by atoms with Crippen molar-refractivity contribution < 1.29 is 9.53 Å². The number of halogens is 2. The van der Waals surface area contributed by atoms with Crippen molar-refractivity contribution in [3.63, 3.8) is 0 Å². The Morgan fingerprint density at radius 3 is 2.42 bits per heavy atom. The fourth-order valence-electron chi connectivity index (χ4n) is 1.37. The largest absolute Gasteiger partial charge is 0.378 e. The maximum atomic E-state index is 11.9. The number of carbonyl (C=O) groups excluding carboxylic acids is 1. The minimum atomic E-state index is -0.0989. The van der Waals surface area contributed by atoms with Gasteiger partial charge in [-0.05, 0) is 32.3 Å². The second-order valence-corrected chi connectivity index (χ2v) is 6.16. The number of likely N-dealkylation sites (N-methyl/N-ethyl adjacent to an activating group) is 1. The summed E-state index contributed by atoms with van der Waals surface area (Å²) in [6, 6.07) is 5.46. The van der Waals surface area contributed by atoms with Crippen molar-refractivity contribution >= 4 is 37.8 Å². The molecule has 1 N–H and O–H groups in total. The Morgan fingerprint density at radius 2 is 1.84 bits per heavy atom. The maximum absolute atomic E-state index is 11.9. The smallest absolute Gasteiger partial charge is 0.251 e. The predicted molar refractivity (Wildman–Crippen MR) is 83.5 cm³/mol. The molecule has 0 fully saturated rings. The van der Waals surface area contributed by atoms with E-state index in [4.69, 9.17) is 4.74 Å². The van der Waals surface area contributed by atoms with Crippen molar-refractivity contribution in [2.75, 3.05) is 40.4 Å². The molecule has 0 aliphatic carbocycles. The topological polar surface area (TPSA) is 41.6 Å². The van der Waals surface area contributed by atoms with Crippen LogP contribution in [0, 0.1) is 0 Å². The number of hydrogen-bond acceptors (Lipinski definition) is 3. The molecule has 19 heavy (non-hydrogen) atoms. The molecule has 4 nitrogen and oxygen atoms in total. The lowest BCUT2D eigenvalue weighted by molar-refractivity contribution is 0.0900. The van der Waals surface area contributed by atoms with Crippen molar-refractivity contribution in [3.8, 4) is 0 Å². The van der Waals surface area contributed by atoms with Crippen LogP contribution < -0.4 is 5.32 Å². The Balaban J connectivity index is 2.27. The van der Waals surface area contributed by atoms with E-state index in [1.54, 1.807) is 12.1 Å². The molecule has 6 heteroatoms. The van der Waals surface area contributed by atoms with Gasteiger partial charge in [0.2, 0.25) is 0 Å². The first kappa shape index (κ1) is 16.6. The van der Waals surface area contributed by atoms with Gasteiger partial charge in [-0.15, -0.1) is 0 Å². The predicted octanol–water partition coefficient (Wildman–Crippen LogP) is 2.52. The lowest BCUT2D eigenvalue weighted by Gasteiger charge is -2.10. The number of ether oxygens (including phenoxy) is 1. The van der Waals surface area contributed by atoms with Gasteiger partial charge in [-0.1, -0.05) is 31.9 Å². The monoisotopic (exact) mass is 392 g/mol. The normalized spacial score (nSPS) is 10.8. The summed E-state index contributed by atoms with van der Waals surface area (Å²) < 4.78 is 7.14.